The quantitative estimate of drug-likeness (QED) is 0.366. The molecule has 41 heavy (non-hydrogen) atoms. The molecule has 12 heteroatoms. The van der Waals surface area contributed by atoms with Crippen LogP contribution in [0.1, 0.15) is 24.1 Å². The van der Waals surface area contributed by atoms with Gasteiger partial charge < -0.3 is 25.6 Å². The summed E-state index contributed by atoms with van der Waals surface area (Å²) in [7, 11) is -4.08. The first-order valence-corrected chi connectivity index (χ1v) is 14.8. The lowest BCUT2D eigenvalue weighted by Crippen LogP contribution is -2.51. The molecule has 1 saturated heterocycles. The highest BCUT2D eigenvalue weighted by atomic mass is 32.2. The molecule has 1 fully saturated rings. The van der Waals surface area contributed by atoms with Gasteiger partial charge in [-0.3, -0.25) is 4.98 Å². The summed E-state index contributed by atoms with van der Waals surface area (Å²) in [6.07, 6.45) is 5.06. The molecule has 2 aliphatic heterocycles. The highest BCUT2D eigenvalue weighted by molar-refractivity contribution is 7.93. The fourth-order valence-corrected chi connectivity index (χ4v) is 6.42. The highest BCUT2D eigenvalue weighted by Crippen LogP contribution is 2.29. The normalized spacial score (nSPS) is 19.9. The Morgan fingerprint density at radius 2 is 2.00 bits per heavy atom. The van der Waals surface area contributed by atoms with Crippen molar-refractivity contribution in [2.75, 3.05) is 19.8 Å². The van der Waals surface area contributed by atoms with Crippen molar-refractivity contribution in [3.8, 4) is 0 Å². The van der Waals surface area contributed by atoms with Crippen molar-refractivity contribution in [2.24, 2.45) is 10.7 Å². The number of hydrogen-bond acceptors (Lipinski definition) is 9. The molecule has 1 aromatic heterocycles. The molecule has 3 heterocycles. The minimum atomic E-state index is -4.08. The van der Waals surface area contributed by atoms with Crippen LogP contribution in [0.2, 0.25) is 0 Å². The Balaban J connectivity index is 1.39. The van der Waals surface area contributed by atoms with Gasteiger partial charge in [-0.2, -0.15) is 4.31 Å². The predicted octanol–water partition coefficient (Wildman–Crippen LogP) is 2.17. The number of ether oxygens (including phenoxy) is 2. The van der Waals surface area contributed by atoms with Crippen LogP contribution in [0.25, 0.3) is 0 Å². The summed E-state index contributed by atoms with van der Waals surface area (Å²) >= 11 is 0. The SMILES string of the molecule is NC1=CC2=CC=C(S(=O)(=O)N(Cc3ccccn3)CC(O)C(Cc3ccccc3)NC(=O)OC3CCOC3)CC2=N1. The Kier molecular flexibility index (Phi) is 8.93. The van der Waals surface area contributed by atoms with E-state index in [2.05, 4.69) is 15.3 Å². The third-order valence-electron chi connectivity index (χ3n) is 7.05. The molecule has 11 nitrogen and oxygen atoms in total. The number of nitrogens with two attached hydrogens (primary N) is 1. The molecule has 1 amide bonds. The van der Waals surface area contributed by atoms with Crippen molar-refractivity contribution < 1.29 is 27.8 Å². The van der Waals surface area contributed by atoms with Gasteiger partial charge in [0, 0.05) is 31.2 Å². The Bertz CT molecular complexity index is 1470. The number of nitrogens with one attached hydrogen (secondary N) is 1. The van der Waals surface area contributed by atoms with Crippen LogP contribution < -0.4 is 11.1 Å². The number of carbonyl (C=O) groups excluding carboxylic acids is 1. The van der Waals surface area contributed by atoms with E-state index in [0.29, 0.717) is 36.9 Å². The van der Waals surface area contributed by atoms with Gasteiger partial charge in [0.05, 0.1) is 48.2 Å². The van der Waals surface area contributed by atoms with E-state index in [1.54, 1.807) is 36.5 Å². The molecule has 1 aliphatic carbocycles. The van der Waals surface area contributed by atoms with E-state index in [9.17, 15) is 18.3 Å². The lowest BCUT2D eigenvalue weighted by Gasteiger charge is -2.30. The summed E-state index contributed by atoms with van der Waals surface area (Å²) in [4.78, 5) is 21.5. The first-order chi connectivity index (χ1) is 19.8. The molecule has 4 N–H and O–H groups in total. The largest absolute Gasteiger partial charge is 0.444 e. The smallest absolute Gasteiger partial charge is 0.407 e. The monoisotopic (exact) mass is 579 g/mol. The number of pyridine rings is 1. The van der Waals surface area contributed by atoms with E-state index in [0.717, 1.165) is 11.1 Å². The van der Waals surface area contributed by atoms with Crippen LogP contribution in [0.15, 0.2) is 94.2 Å². The summed E-state index contributed by atoms with van der Waals surface area (Å²) in [6.45, 7) is 0.441. The number of aliphatic imine (C=N–C) groups is 1. The van der Waals surface area contributed by atoms with E-state index in [4.69, 9.17) is 15.2 Å². The Hall–Kier alpha value is -3.84. The van der Waals surface area contributed by atoms with Crippen molar-refractivity contribution in [3.05, 3.63) is 101 Å². The molecular formula is C29H33N5O6S. The number of nitrogens with zero attached hydrogens (tertiary/aromatic N) is 3. The lowest BCUT2D eigenvalue weighted by molar-refractivity contribution is 0.0646. The number of fused-ring (bicyclic) bond motifs is 1. The van der Waals surface area contributed by atoms with Crippen molar-refractivity contribution >= 4 is 21.8 Å². The number of alkyl carbamates (subject to hydrolysis) is 1. The van der Waals surface area contributed by atoms with Crippen molar-refractivity contribution in [3.63, 3.8) is 0 Å². The molecule has 1 aromatic carbocycles. The number of allylic oxidation sites excluding steroid dienone is 5. The topological polar surface area (TPSA) is 156 Å². The molecule has 0 spiro atoms. The third-order valence-corrected chi connectivity index (χ3v) is 8.95. The second-order valence-corrected chi connectivity index (χ2v) is 12.1. The van der Waals surface area contributed by atoms with Gasteiger partial charge in [0.2, 0.25) is 10.0 Å². The summed E-state index contributed by atoms with van der Waals surface area (Å²) in [5, 5.41) is 14.2. The number of sulfonamides is 1. The Morgan fingerprint density at radius 3 is 2.73 bits per heavy atom. The zero-order valence-electron chi connectivity index (χ0n) is 22.4. The Morgan fingerprint density at radius 1 is 1.20 bits per heavy atom. The second kappa shape index (κ2) is 12.8. The van der Waals surface area contributed by atoms with Crippen molar-refractivity contribution in [1.82, 2.24) is 14.6 Å². The fraction of sp³-hybridized carbons (Fsp3) is 0.345. The van der Waals surface area contributed by atoms with Gasteiger partial charge in [-0.1, -0.05) is 42.5 Å². The number of aliphatic hydroxyl groups excluding tert-OH is 1. The predicted molar refractivity (Wildman–Crippen MR) is 153 cm³/mol. The molecule has 2 aromatic rings. The van der Waals surface area contributed by atoms with Crippen LogP contribution in [-0.2, 0) is 32.5 Å². The standard InChI is InChI=1S/C29H33N5O6S/c30-28-15-21-9-10-24(16-25(21)32-28)41(37,38)34(17-22-8-4-5-12-31-22)18-27(35)26(14-20-6-2-1-3-7-20)33-29(36)40-23-11-13-39-19-23/h1-10,12,15,23,26-27,35H,11,13-14,16-19,30H2,(H,33,36). The van der Waals surface area contributed by atoms with E-state index >= 15 is 0 Å². The zero-order chi connectivity index (χ0) is 28.8. The van der Waals surface area contributed by atoms with Gasteiger partial charge in [0.1, 0.15) is 11.9 Å². The van der Waals surface area contributed by atoms with Crippen molar-refractivity contribution in [1.29, 1.82) is 0 Å². The average Bonchev–Trinajstić information content (AvgIpc) is 3.61. The first kappa shape index (κ1) is 28.7. The van der Waals surface area contributed by atoms with Crippen molar-refractivity contribution in [2.45, 2.75) is 44.1 Å². The minimum Gasteiger partial charge on any atom is -0.444 e. The zero-order valence-corrected chi connectivity index (χ0v) is 23.2. The second-order valence-electron chi connectivity index (χ2n) is 10.1. The Labute approximate surface area is 239 Å². The molecule has 3 atom stereocenters. The maximum absolute atomic E-state index is 14.0. The third kappa shape index (κ3) is 7.27. The maximum Gasteiger partial charge on any atom is 0.407 e. The van der Waals surface area contributed by atoms with Gasteiger partial charge in [0.25, 0.3) is 0 Å². The molecule has 0 radical (unpaired) electrons. The number of rotatable bonds is 11. The van der Waals surface area contributed by atoms with Crippen LogP contribution >= 0.6 is 0 Å². The van der Waals surface area contributed by atoms with E-state index in [-0.39, 0.29) is 36.9 Å². The molecule has 3 aliphatic rings. The molecule has 0 saturated carbocycles. The molecule has 216 valence electrons. The fourth-order valence-electron chi connectivity index (χ4n) is 4.88. The summed E-state index contributed by atoms with van der Waals surface area (Å²) < 4.78 is 39.9. The molecule has 5 rings (SSSR count). The van der Waals surface area contributed by atoms with Gasteiger partial charge in [-0.25, -0.2) is 18.2 Å². The van der Waals surface area contributed by atoms with Gasteiger partial charge in [-0.15, -0.1) is 0 Å². The lowest BCUT2D eigenvalue weighted by atomic mass is 10.0. The van der Waals surface area contributed by atoms with Gasteiger partial charge in [-0.05, 0) is 36.3 Å². The first-order valence-electron chi connectivity index (χ1n) is 13.4. The number of hydrogen-bond donors (Lipinski definition) is 3. The number of aromatic nitrogens is 1. The number of benzene rings is 1. The highest BCUT2D eigenvalue weighted by Gasteiger charge is 2.35. The molecular weight excluding hydrogens is 546 g/mol. The number of aliphatic hydroxyl groups is 1. The summed E-state index contributed by atoms with van der Waals surface area (Å²) in [5.74, 6) is 0.324. The number of amides is 1. The van der Waals surface area contributed by atoms with Crippen LogP contribution in [0.4, 0.5) is 4.79 Å². The maximum atomic E-state index is 14.0. The van der Waals surface area contributed by atoms with Gasteiger partial charge in [0.15, 0.2) is 0 Å². The van der Waals surface area contributed by atoms with Crippen LogP contribution in [0, 0.1) is 0 Å². The van der Waals surface area contributed by atoms with Gasteiger partial charge >= 0.3 is 6.09 Å². The summed E-state index contributed by atoms with van der Waals surface area (Å²) in [5.41, 5.74) is 8.53. The van der Waals surface area contributed by atoms with E-state index < -0.39 is 28.3 Å². The van der Waals surface area contributed by atoms with Crippen LogP contribution in [-0.4, -0.2) is 72.6 Å². The molecule has 3 unspecified atom stereocenters. The van der Waals surface area contributed by atoms with Crippen LogP contribution in [0.3, 0.4) is 0 Å². The van der Waals surface area contributed by atoms with E-state index in [1.165, 1.54) is 10.4 Å². The average molecular weight is 580 g/mol. The van der Waals surface area contributed by atoms with Crippen LogP contribution in [0.5, 0.6) is 0 Å². The minimum absolute atomic E-state index is 0.0711. The summed E-state index contributed by atoms with van der Waals surface area (Å²) in [6, 6.07) is 13.7. The van der Waals surface area contributed by atoms with E-state index in [1.807, 2.05) is 30.3 Å². The number of carbonyl (C=O) groups is 1. The molecule has 0 bridgehead atoms.